The van der Waals surface area contributed by atoms with Crippen molar-refractivity contribution in [2.75, 3.05) is 11.9 Å². The van der Waals surface area contributed by atoms with Crippen molar-refractivity contribution in [2.45, 2.75) is 6.10 Å². The van der Waals surface area contributed by atoms with Gasteiger partial charge in [0.2, 0.25) is 6.10 Å². The van der Waals surface area contributed by atoms with Gasteiger partial charge >= 0.3 is 0 Å². The number of fused-ring (bicyclic) bond motifs is 1. The molecule has 6 heteroatoms. The van der Waals surface area contributed by atoms with Crippen molar-refractivity contribution < 1.29 is 19.0 Å². The number of rotatable bonds is 4. The van der Waals surface area contributed by atoms with E-state index in [1.165, 1.54) is 0 Å². The molecule has 0 fully saturated rings. The third kappa shape index (κ3) is 3.99. The summed E-state index contributed by atoms with van der Waals surface area (Å²) >= 11 is 6.09. The number of benzene rings is 3. The van der Waals surface area contributed by atoms with Crippen molar-refractivity contribution in [3.63, 3.8) is 0 Å². The SMILES string of the molecule is O=C(Nc1cc(Cl)ccc1Oc1ccccc1)[C@@H]1COc2ccccc2O1. The maximum absolute atomic E-state index is 12.7. The Kier molecular flexibility index (Phi) is 4.85. The van der Waals surface area contributed by atoms with E-state index in [4.69, 9.17) is 25.8 Å². The number of hydrogen-bond donors (Lipinski definition) is 1. The Hall–Kier alpha value is -3.18. The Morgan fingerprint density at radius 3 is 2.56 bits per heavy atom. The number of hydrogen-bond acceptors (Lipinski definition) is 4. The topological polar surface area (TPSA) is 56.8 Å². The highest BCUT2D eigenvalue weighted by atomic mass is 35.5. The van der Waals surface area contributed by atoms with Crippen LogP contribution in [0.4, 0.5) is 5.69 Å². The van der Waals surface area contributed by atoms with Gasteiger partial charge in [0.15, 0.2) is 17.2 Å². The summed E-state index contributed by atoms with van der Waals surface area (Å²) in [6.45, 7) is 0.123. The van der Waals surface area contributed by atoms with E-state index < -0.39 is 6.10 Å². The second-order valence-corrected chi connectivity index (χ2v) is 6.35. The molecule has 5 nitrogen and oxygen atoms in total. The molecule has 27 heavy (non-hydrogen) atoms. The molecule has 0 radical (unpaired) electrons. The van der Waals surface area contributed by atoms with Crippen LogP contribution in [0.1, 0.15) is 0 Å². The summed E-state index contributed by atoms with van der Waals surface area (Å²) in [5, 5.41) is 3.30. The summed E-state index contributed by atoms with van der Waals surface area (Å²) in [7, 11) is 0. The van der Waals surface area contributed by atoms with Gasteiger partial charge in [0.25, 0.3) is 5.91 Å². The van der Waals surface area contributed by atoms with Crippen molar-refractivity contribution >= 4 is 23.2 Å². The van der Waals surface area contributed by atoms with Crippen LogP contribution in [0.2, 0.25) is 5.02 Å². The standard InChI is InChI=1S/C21H16ClNO4/c22-14-10-11-17(26-15-6-2-1-3-7-15)16(12-14)23-21(24)20-13-25-18-8-4-5-9-19(18)27-20/h1-12,20H,13H2,(H,23,24)/t20-/m0/s1. The van der Waals surface area contributed by atoms with Gasteiger partial charge in [-0.3, -0.25) is 4.79 Å². The molecule has 136 valence electrons. The number of halogens is 1. The lowest BCUT2D eigenvalue weighted by Crippen LogP contribution is -2.40. The van der Waals surface area contributed by atoms with Crippen LogP contribution in [0.3, 0.4) is 0 Å². The zero-order valence-electron chi connectivity index (χ0n) is 14.2. The highest BCUT2D eigenvalue weighted by Gasteiger charge is 2.28. The van der Waals surface area contributed by atoms with Crippen LogP contribution in [0.25, 0.3) is 0 Å². The lowest BCUT2D eigenvalue weighted by molar-refractivity contribution is -0.125. The van der Waals surface area contributed by atoms with Gasteiger partial charge in [-0.1, -0.05) is 41.9 Å². The third-order valence-electron chi connectivity index (χ3n) is 3.97. The highest BCUT2D eigenvalue weighted by molar-refractivity contribution is 6.31. The number of para-hydroxylation sites is 3. The minimum absolute atomic E-state index is 0.123. The second-order valence-electron chi connectivity index (χ2n) is 5.91. The normalized spacial score (nSPS) is 15.1. The Bertz CT molecular complexity index is 961. The van der Waals surface area contributed by atoms with E-state index in [0.29, 0.717) is 33.7 Å². The molecule has 1 heterocycles. The molecule has 3 aromatic rings. The summed E-state index contributed by atoms with van der Waals surface area (Å²) in [5.41, 5.74) is 0.457. The van der Waals surface area contributed by atoms with Gasteiger partial charge in [-0.25, -0.2) is 0 Å². The van der Waals surface area contributed by atoms with Crippen LogP contribution in [0, 0.1) is 0 Å². The van der Waals surface area contributed by atoms with Gasteiger partial charge in [0.1, 0.15) is 12.4 Å². The van der Waals surface area contributed by atoms with E-state index >= 15 is 0 Å². The van der Waals surface area contributed by atoms with Crippen LogP contribution in [0.5, 0.6) is 23.0 Å². The molecular formula is C21H16ClNO4. The van der Waals surface area contributed by atoms with Gasteiger partial charge < -0.3 is 19.5 Å². The molecule has 3 aromatic carbocycles. The number of anilines is 1. The molecule has 1 amide bonds. The zero-order chi connectivity index (χ0) is 18.6. The average molecular weight is 382 g/mol. The Balaban J connectivity index is 1.52. The van der Waals surface area contributed by atoms with E-state index in [9.17, 15) is 4.79 Å². The molecule has 0 aromatic heterocycles. The van der Waals surface area contributed by atoms with Crippen LogP contribution < -0.4 is 19.5 Å². The predicted molar refractivity (Wildman–Crippen MR) is 103 cm³/mol. The lowest BCUT2D eigenvalue weighted by atomic mass is 10.2. The lowest BCUT2D eigenvalue weighted by Gasteiger charge is -2.25. The predicted octanol–water partition coefficient (Wildman–Crippen LogP) is 4.91. The largest absolute Gasteiger partial charge is 0.485 e. The van der Waals surface area contributed by atoms with E-state index in [2.05, 4.69) is 5.32 Å². The van der Waals surface area contributed by atoms with Gasteiger partial charge in [0.05, 0.1) is 5.69 Å². The number of carbonyl (C=O) groups is 1. The van der Waals surface area contributed by atoms with Crippen molar-refractivity contribution in [1.82, 2.24) is 0 Å². The zero-order valence-corrected chi connectivity index (χ0v) is 15.0. The number of amides is 1. The van der Waals surface area contributed by atoms with Gasteiger partial charge in [-0.15, -0.1) is 0 Å². The maximum atomic E-state index is 12.7. The van der Waals surface area contributed by atoms with Crippen molar-refractivity contribution in [3.05, 3.63) is 77.8 Å². The maximum Gasteiger partial charge on any atom is 0.269 e. The minimum atomic E-state index is -0.775. The summed E-state index contributed by atoms with van der Waals surface area (Å²) in [4.78, 5) is 12.7. The Labute approximate surface area is 161 Å². The minimum Gasteiger partial charge on any atom is -0.485 e. The molecule has 1 N–H and O–H groups in total. The smallest absolute Gasteiger partial charge is 0.269 e. The van der Waals surface area contributed by atoms with Gasteiger partial charge in [-0.2, -0.15) is 0 Å². The first-order chi connectivity index (χ1) is 13.2. The molecular weight excluding hydrogens is 366 g/mol. The fraction of sp³-hybridized carbons (Fsp3) is 0.0952. The highest BCUT2D eigenvalue weighted by Crippen LogP contribution is 2.34. The fourth-order valence-corrected chi connectivity index (χ4v) is 2.84. The molecule has 0 unspecified atom stereocenters. The molecule has 1 aliphatic heterocycles. The van der Waals surface area contributed by atoms with E-state index in [1.807, 2.05) is 42.5 Å². The summed E-state index contributed by atoms with van der Waals surface area (Å²) in [6.07, 6.45) is -0.775. The molecule has 0 bridgehead atoms. The first-order valence-corrected chi connectivity index (χ1v) is 8.78. The van der Waals surface area contributed by atoms with Crippen molar-refractivity contribution in [2.24, 2.45) is 0 Å². The summed E-state index contributed by atoms with van der Waals surface area (Å²) in [6, 6.07) is 21.6. The molecule has 0 saturated heterocycles. The number of nitrogens with one attached hydrogen (secondary N) is 1. The first-order valence-electron chi connectivity index (χ1n) is 8.41. The molecule has 0 spiro atoms. The quantitative estimate of drug-likeness (QED) is 0.697. The Morgan fingerprint density at radius 2 is 1.74 bits per heavy atom. The summed E-state index contributed by atoms with van der Waals surface area (Å²) in [5.74, 6) is 1.95. The van der Waals surface area contributed by atoms with Crippen LogP contribution in [0.15, 0.2) is 72.8 Å². The van der Waals surface area contributed by atoms with E-state index in [-0.39, 0.29) is 12.5 Å². The molecule has 1 aliphatic rings. The third-order valence-corrected chi connectivity index (χ3v) is 4.21. The first kappa shape index (κ1) is 17.2. The van der Waals surface area contributed by atoms with Crippen LogP contribution in [-0.2, 0) is 4.79 Å². The second kappa shape index (κ2) is 7.60. The number of ether oxygens (including phenoxy) is 3. The fourth-order valence-electron chi connectivity index (χ4n) is 2.67. The molecule has 4 rings (SSSR count). The molecule has 1 atom stereocenters. The van der Waals surface area contributed by atoms with Gasteiger partial charge in [-0.05, 0) is 42.5 Å². The summed E-state index contributed by atoms with van der Waals surface area (Å²) < 4.78 is 17.2. The van der Waals surface area contributed by atoms with Gasteiger partial charge in [0, 0.05) is 5.02 Å². The van der Waals surface area contributed by atoms with E-state index in [0.717, 1.165) is 0 Å². The van der Waals surface area contributed by atoms with Crippen LogP contribution in [-0.4, -0.2) is 18.6 Å². The average Bonchev–Trinajstić information content (AvgIpc) is 2.70. The van der Waals surface area contributed by atoms with E-state index in [1.54, 1.807) is 30.3 Å². The van der Waals surface area contributed by atoms with Crippen molar-refractivity contribution in [3.8, 4) is 23.0 Å². The monoisotopic (exact) mass is 381 g/mol. The molecule has 0 aliphatic carbocycles. The number of carbonyl (C=O) groups excluding carboxylic acids is 1. The van der Waals surface area contributed by atoms with Crippen LogP contribution >= 0.6 is 11.6 Å². The Morgan fingerprint density at radius 1 is 1.00 bits per heavy atom. The van der Waals surface area contributed by atoms with Crippen molar-refractivity contribution in [1.29, 1.82) is 0 Å². The molecule has 0 saturated carbocycles.